The van der Waals surface area contributed by atoms with Gasteiger partial charge in [-0.25, -0.2) is 4.79 Å². The fraction of sp³-hybridized carbons (Fsp3) is 0.387. The number of nitrogens with zero attached hydrogens (tertiary/aromatic N) is 3. The van der Waals surface area contributed by atoms with Crippen LogP contribution in [0.5, 0.6) is 17.2 Å². The number of fused-ring (bicyclic) bond motifs is 3. The number of phenols is 1. The van der Waals surface area contributed by atoms with Crippen LogP contribution in [0.2, 0.25) is 0 Å². The van der Waals surface area contributed by atoms with Crippen LogP contribution in [0.25, 0.3) is 0 Å². The van der Waals surface area contributed by atoms with E-state index in [1.54, 1.807) is 40.1 Å². The van der Waals surface area contributed by atoms with Crippen LogP contribution in [0.4, 0.5) is 10.5 Å². The highest BCUT2D eigenvalue weighted by atomic mass is 32.1. The fourth-order valence-corrected chi connectivity index (χ4v) is 6.54. The number of benzene rings is 2. The van der Waals surface area contributed by atoms with Gasteiger partial charge < -0.3 is 29.7 Å². The monoisotopic (exact) mass is 590 g/mol. The molecule has 10 nitrogen and oxygen atoms in total. The number of hydrogen-bond acceptors (Lipinski definition) is 7. The second-order valence-corrected chi connectivity index (χ2v) is 12.2. The van der Waals surface area contributed by atoms with E-state index in [-0.39, 0.29) is 50.0 Å². The van der Waals surface area contributed by atoms with Crippen molar-refractivity contribution in [3.05, 3.63) is 69.9 Å². The summed E-state index contributed by atoms with van der Waals surface area (Å²) in [4.78, 5) is 47.3. The van der Waals surface area contributed by atoms with Gasteiger partial charge in [-0.3, -0.25) is 14.5 Å². The number of carbonyl (C=O) groups is 3. The molecule has 4 amide bonds. The molecule has 2 atom stereocenters. The first-order chi connectivity index (χ1) is 20.3. The van der Waals surface area contributed by atoms with Crippen LogP contribution in [-0.2, 0) is 17.8 Å². The maximum Gasteiger partial charge on any atom is 0.323 e. The first-order valence-corrected chi connectivity index (χ1v) is 15.1. The largest absolute Gasteiger partial charge is 0.508 e. The number of ether oxygens (including phenoxy) is 2. The summed E-state index contributed by atoms with van der Waals surface area (Å²) < 4.78 is 10.9. The first kappa shape index (κ1) is 27.9. The molecule has 11 heteroatoms. The maximum atomic E-state index is 14.0. The van der Waals surface area contributed by atoms with Gasteiger partial charge in [-0.1, -0.05) is 32.0 Å². The summed E-state index contributed by atoms with van der Waals surface area (Å²) in [6.45, 7) is 5.59. The second kappa shape index (κ2) is 11.6. The van der Waals surface area contributed by atoms with E-state index in [0.717, 1.165) is 17.5 Å². The predicted octanol–water partition coefficient (Wildman–Crippen LogP) is 4.43. The van der Waals surface area contributed by atoms with Gasteiger partial charge in [0.15, 0.2) is 11.5 Å². The van der Waals surface area contributed by atoms with Gasteiger partial charge in [0.05, 0.1) is 18.2 Å². The number of hydrogen-bond donors (Lipinski definition) is 2. The molecule has 3 aliphatic rings. The van der Waals surface area contributed by atoms with Crippen molar-refractivity contribution in [1.82, 2.24) is 15.1 Å². The summed E-state index contributed by atoms with van der Waals surface area (Å²) >= 11 is 1.30. The quantitative estimate of drug-likeness (QED) is 0.421. The van der Waals surface area contributed by atoms with Gasteiger partial charge in [-0.05, 0) is 65.6 Å². The Balaban J connectivity index is 1.30. The van der Waals surface area contributed by atoms with Gasteiger partial charge in [0.1, 0.15) is 16.8 Å². The molecular formula is C31H34N4O6S. The second-order valence-electron chi connectivity index (χ2n) is 11.3. The number of amides is 4. The Kier molecular flexibility index (Phi) is 7.68. The number of carbonyl (C=O) groups excluding carboxylic acids is 3. The number of phenolic OH excluding ortho intramolecular Hbond substituents is 1. The molecule has 1 fully saturated rings. The number of rotatable bonds is 7. The summed E-state index contributed by atoms with van der Waals surface area (Å²) in [7, 11) is 0. The summed E-state index contributed by atoms with van der Waals surface area (Å²) in [5.41, 5.74) is 2.31. The minimum Gasteiger partial charge on any atom is -0.508 e. The number of anilines is 1. The zero-order valence-electron chi connectivity index (χ0n) is 23.6. The van der Waals surface area contributed by atoms with E-state index < -0.39 is 12.1 Å². The molecule has 6 rings (SSSR count). The van der Waals surface area contributed by atoms with Gasteiger partial charge in [0.2, 0.25) is 12.7 Å². The van der Waals surface area contributed by atoms with Gasteiger partial charge in [-0.2, -0.15) is 0 Å². The molecule has 0 spiro atoms. The van der Waals surface area contributed by atoms with Crippen LogP contribution in [0.1, 0.15) is 41.1 Å². The first-order valence-electron chi connectivity index (χ1n) is 14.2. The van der Waals surface area contributed by atoms with E-state index >= 15 is 0 Å². The van der Waals surface area contributed by atoms with Gasteiger partial charge >= 0.3 is 6.03 Å². The fourth-order valence-electron chi connectivity index (χ4n) is 5.71. The lowest BCUT2D eigenvalue weighted by Crippen LogP contribution is -2.61. The predicted molar refractivity (Wildman–Crippen MR) is 158 cm³/mol. The van der Waals surface area contributed by atoms with E-state index in [2.05, 4.69) is 19.2 Å². The Morgan fingerprint density at radius 2 is 1.81 bits per heavy atom. The van der Waals surface area contributed by atoms with Crippen molar-refractivity contribution in [3.63, 3.8) is 0 Å². The molecule has 0 saturated carbocycles. The summed E-state index contributed by atoms with van der Waals surface area (Å²) in [5.74, 6) is 1.16. The zero-order chi connectivity index (χ0) is 29.4. The molecular weight excluding hydrogens is 556 g/mol. The Labute approximate surface area is 248 Å². The molecule has 220 valence electrons. The minimum atomic E-state index is -0.655. The van der Waals surface area contributed by atoms with Crippen molar-refractivity contribution in [2.45, 2.75) is 39.4 Å². The summed E-state index contributed by atoms with van der Waals surface area (Å²) in [6.07, 6.45) is 0.567. The van der Waals surface area contributed by atoms with Crippen LogP contribution in [0.15, 0.2) is 53.9 Å². The molecule has 2 aromatic carbocycles. The summed E-state index contributed by atoms with van der Waals surface area (Å²) in [6, 6.07) is 13.8. The average Bonchev–Trinajstić information content (AvgIpc) is 3.63. The topological polar surface area (TPSA) is 112 Å². The Morgan fingerprint density at radius 1 is 1.05 bits per heavy atom. The number of nitrogens with one attached hydrogen (secondary N) is 1. The van der Waals surface area contributed by atoms with Gasteiger partial charge in [0.25, 0.3) is 5.91 Å². The Bertz CT molecular complexity index is 1490. The standard InChI is InChI=1S/C31H34N4O6S/c1-19(2)9-11-33-17-27-34(16-22(29(33)37)13-20-3-6-23(36)7-4-20)30(38)28-24(10-12-42-28)35(27)31(39)32-15-21-5-8-25-26(14-21)41-18-40-25/h3-8,10,12,14,19,22,27,36H,9,11,13,15-18H2,1-2H3,(H,32,39). The number of urea groups is 1. The number of aromatic hydroxyl groups is 1. The summed E-state index contributed by atoms with van der Waals surface area (Å²) in [5, 5.41) is 14.6. The van der Waals surface area contributed by atoms with Crippen molar-refractivity contribution in [2.24, 2.45) is 11.8 Å². The zero-order valence-corrected chi connectivity index (χ0v) is 24.4. The lowest BCUT2D eigenvalue weighted by atomic mass is 9.97. The highest BCUT2D eigenvalue weighted by Crippen LogP contribution is 2.38. The van der Waals surface area contributed by atoms with E-state index in [9.17, 15) is 19.5 Å². The Morgan fingerprint density at radius 3 is 2.60 bits per heavy atom. The molecule has 1 saturated heterocycles. The molecule has 0 bridgehead atoms. The molecule has 2 unspecified atom stereocenters. The van der Waals surface area contributed by atoms with Crippen LogP contribution in [0.3, 0.4) is 0 Å². The third kappa shape index (κ3) is 5.48. The van der Waals surface area contributed by atoms with Crippen LogP contribution >= 0.6 is 11.3 Å². The molecule has 4 heterocycles. The smallest absolute Gasteiger partial charge is 0.323 e. The average molecular weight is 591 g/mol. The van der Waals surface area contributed by atoms with Crippen LogP contribution in [-0.4, -0.2) is 65.3 Å². The molecule has 1 aromatic heterocycles. The normalized spacial score (nSPS) is 19.5. The van der Waals surface area contributed by atoms with E-state index in [4.69, 9.17) is 9.47 Å². The molecule has 3 aliphatic heterocycles. The SMILES string of the molecule is CC(C)CCN1CC2N(CC(Cc3ccc(O)cc3)C1=O)C(=O)c1sccc1N2C(=O)NCc1ccc2c(c1)OCO2. The third-order valence-electron chi connectivity index (χ3n) is 7.97. The van der Waals surface area contributed by atoms with Crippen LogP contribution in [0, 0.1) is 11.8 Å². The van der Waals surface area contributed by atoms with Crippen molar-refractivity contribution in [3.8, 4) is 17.2 Å². The van der Waals surface area contributed by atoms with E-state index in [1.807, 2.05) is 28.5 Å². The lowest BCUT2D eigenvalue weighted by molar-refractivity contribution is -0.134. The van der Waals surface area contributed by atoms with Crippen LogP contribution < -0.4 is 19.7 Å². The van der Waals surface area contributed by atoms with Crippen molar-refractivity contribution >= 4 is 34.9 Å². The molecule has 2 N–H and O–H groups in total. The van der Waals surface area contributed by atoms with Crippen molar-refractivity contribution in [2.75, 3.05) is 31.3 Å². The van der Waals surface area contributed by atoms with Gasteiger partial charge in [0, 0.05) is 19.6 Å². The maximum absolute atomic E-state index is 14.0. The van der Waals surface area contributed by atoms with Crippen molar-refractivity contribution in [1.29, 1.82) is 0 Å². The molecule has 3 aromatic rings. The van der Waals surface area contributed by atoms with Gasteiger partial charge in [-0.15, -0.1) is 11.3 Å². The molecule has 0 radical (unpaired) electrons. The van der Waals surface area contributed by atoms with E-state index in [1.165, 1.54) is 11.3 Å². The number of thiophene rings is 1. The molecule has 42 heavy (non-hydrogen) atoms. The highest BCUT2D eigenvalue weighted by Gasteiger charge is 2.47. The minimum absolute atomic E-state index is 0.0324. The third-order valence-corrected chi connectivity index (χ3v) is 8.86. The highest BCUT2D eigenvalue weighted by molar-refractivity contribution is 7.12. The van der Waals surface area contributed by atoms with E-state index in [0.29, 0.717) is 40.9 Å². The molecule has 0 aliphatic carbocycles. The Hall–Kier alpha value is -4.25. The van der Waals surface area contributed by atoms with Crippen molar-refractivity contribution < 1.29 is 29.0 Å². The lowest BCUT2D eigenvalue weighted by Gasteiger charge is -2.43.